The van der Waals surface area contributed by atoms with Crippen LogP contribution in [0.5, 0.6) is 0 Å². The number of rotatable bonds is 8. The number of para-hydroxylation sites is 1. The maximum Gasteiger partial charge on any atom is 0.386 e. The van der Waals surface area contributed by atoms with Crippen LogP contribution < -0.4 is 10.2 Å². The second-order valence-electron chi connectivity index (χ2n) is 6.47. The summed E-state index contributed by atoms with van der Waals surface area (Å²) in [5, 5.41) is 3.23. The van der Waals surface area contributed by atoms with Gasteiger partial charge in [0.2, 0.25) is 0 Å². The first kappa shape index (κ1) is 23.0. The van der Waals surface area contributed by atoms with Gasteiger partial charge < -0.3 is 0 Å². The van der Waals surface area contributed by atoms with Crippen LogP contribution in [0.2, 0.25) is 0 Å². The normalized spacial score (nSPS) is 10.5. The van der Waals surface area contributed by atoms with Crippen LogP contribution in [0.3, 0.4) is 0 Å². The summed E-state index contributed by atoms with van der Waals surface area (Å²) in [6.07, 6.45) is 1.82. The summed E-state index contributed by atoms with van der Waals surface area (Å²) in [6.45, 7) is 18.9. The molecule has 0 unspecified atom stereocenters. The van der Waals surface area contributed by atoms with E-state index in [9.17, 15) is 4.79 Å². The van der Waals surface area contributed by atoms with Gasteiger partial charge in [0.05, 0.1) is 31.9 Å². The van der Waals surface area contributed by atoms with Crippen LogP contribution in [0.4, 0.5) is 10.5 Å². The number of amides is 2. The summed E-state index contributed by atoms with van der Waals surface area (Å²) in [5.74, 6) is 0.903. The molecule has 1 rings (SSSR count). The molecular formula is C22H39N4O+. The zero-order valence-corrected chi connectivity index (χ0v) is 18.4. The molecule has 0 saturated heterocycles. The zero-order chi connectivity index (χ0) is 20.4. The fraction of sp³-hybridized carbons (Fsp3) is 0.636. The number of aryl methyl sites for hydroxylation is 2. The van der Waals surface area contributed by atoms with E-state index in [1.165, 1.54) is 11.1 Å². The molecule has 0 fully saturated rings. The lowest BCUT2D eigenvalue weighted by molar-refractivity contribution is -0.527. The molecule has 2 amide bonds. The molecule has 0 aliphatic carbocycles. The third-order valence-electron chi connectivity index (χ3n) is 5.14. The minimum Gasteiger partial charge on any atom is -0.281 e. The summed E-state index contributed by atoms with van der Waals surface area (Å²) >= 11 is 0. The molecule has 0 aromatic heterocycles. The molecule has 152 valence electrons. The summed E-state index contributed by atoms with van der Waals surface area (Å²) in [4.78, 5) is 17.4. The summed E-state index contributed by atoms with van der Waals surface area (Å²) in [6, 6.07) is 6.30. The Kier molecular flexibility index (Phi) is 9.90. The Morgan fingerprint density at radius 2 is 1.41 bits per heavy atom. The zero-order valence-electron chi connectivity index (χ0n) is 18.4. The van der Waals surface area contributed by atoms with Crippen molar-refractivity contribution in [1.82, 2.24) is 10.2 Å². The van der Waals surface area contributed by atoms with E-state index < -0.39 is 0 Å². The first-order valence-electron chi connectivity index (χ1n) is 10.6. The van der Waals surface area contributed by atoms with Gasteiger partial charge in [0.15, 0.2) is 0 Å². The van der Waals surface area contributed by atoms with Crippen molar-refractivity contribution in [2.24, 2.45) is 0 Å². The molecule has 0 aliphatic heterocycles. The molecule has 5 heteroatoms. The molecular weight excluding hydrogens is 336 g/mol. The van der Waals surface area contributed by atoms with Crippen LogP contribution in [0.15, 0.2) is 18.2 Å². The first-order chi connectivity index (χ1) is 13.0. The lowest BCUT2D eigenvalue weighted by Gasteiger charge is -2.27. The van der Waals surface area contributed by atoms with E-state index in [1.54, 1.807) is 0 Å². The standard InChI is InChI=1S/C22H38N4O/c1-8-18-16-15-17-19(9-2)20(18)26(14-7)22(27)23-21(24(10-3)11-4)25(12-5)13-6/h15-17H,8-14H2,1-7H3/p+1. The van der Waals surface area contributed by atoms with Gasteiger partial charge in [-0.05, 0) is 58.6 Å². The number of anilines is 1. The smallest absolute Gasteiger partial charge is 0.281 e. The highest BCUT2D eigenvalue weighted by molar-refractivity contribution is 6.03. The predicted octanol–water partition coefficient (Wildman–Crippen LogP) is 4.10. The van der Waals surface area contributed by atoms with Gasteiger partial charge in [-0.1, -0.05) is 32.0 Å². The van der Waals surface area contributed by atoms with Gasteiger partial charge in [-0.15, -0.1) is 0 Å². The van der Waals surface area contributed by atoms with Crippen LogP contribution in [-0.4, -0.2) is 54.2 Å². The molecule has 1 aromatic rings. The number of carbonyl (C=O) groups excluding carboxylic acids is 1. The Bertz CT molecular complexity index is 607. The number of nitrogens with one attached hydrogen (secondary N) is 1. The molecule has 1 N–H and O–H groups in total. The third-order valence-corrected chi connectivity index (χ3v) is 5.14. The highest BCUT2D eigenvalue weighted by Crippen LogP contribution is 2.27. The van der Waals surface area contributed by atoms with E-state index in [4.69, 9.17) is 0 Å². The van der Waals surface area contributed by atoms with Crippen molar-refractivity contribution in [3.8, 4) is 0 Å². The van der Waals surface area contributed by atoms with Gasteiger partial charge in [-0.3, -0.25) is 14.4 Å². The molecule has 0 saturated carbocycles. The monoisotopic (exact) mass is 375 g/mol. The Labute approximate surface area is 166 Å². The van der Waals surface area contributed by atoms with E-state index >= 15 is 0 Å². The average Bonchev–Trinajstić information content (AvgIpc) is 2.70. The highest BCUT2D eigenvalue weighted by Gasteiger charge is 2.27. The maximum atomic E-state index is 13.3. The predicted molar refractivity (Wildman–Crippen MR) is 116 cm³/mol. The van der Waals surface area contributed by atoms with Gasteiger partial charge in [0.25, 0.3) is 0 Å². The van der Waals surface area contributed by atoms with Gasteiger partial charge >= 0.3 is 12.0 Å². The number of hydrogen-bond donors (Lipinski definition) is 1. The molecule has 0 bridgehead atoms. The van der Waals surface area contributed by atoms with Crippen LogP contribution in [0.25, 0.3) is 0 Å². The van der Waals surface area contributed by atoms with Crippen molar-refractivity contribution >= 4 is 17.7 Å². The lowest BCUT2D eigenvalue weighted by atomic mass is 10.0. The Morgan fingerprint density at radius 1 is 0.889 bits per heavy atom. The molecule has 0 radical (unpaired) electrons. The van der Waals surface area contributed by atoms with Gasteiger partial charge in [-0.2, -0.15) is 5.32 Å². The summed E-state index contributed by atoms with van der Waals surface area (Å²) < 4.78 is 2.21. The number of urea groups is 1. The lowest BCUT2D eigenvalue weighted by Crippen LogP contribution is -2.53. The van der Waals surface area contributed by atoms with E-state index in [1.807, 2.05) is 11.8 Å². The minimum atomic E-state index is -0.0538. The van der Waals surface area contributed by atoms with Crippen molar-refractivity contribution in [3.63, 3.8) is 0 Å². The number of guanidine groups is 1. The van der Waals surface area contributed by atoms with Gasteiger partial charge in [0, 0.05) is 6.54 Å². The minimum absolute atomic E-state index is 0.0538. The molecule has 0 spiro atoms. The second kappa shape index (κ2) is 11.6. The van der Waals surface area contributed by atoms with Crippen LogP contribution in [0, 0.1) is 0 Å². The second-order valence-corrected chi connectivity index (χ2v) is 6.47. The van der Waals surface area contributed by atoms with Crippen LogP contribution in [0.1, 0.15) is 59.6 Å². The van der Waals surface area contributed by atoms with E-state index in [-0.39, 0.29) is 6.03 Å². The molecule has 27 heavy (non-hydrogen) atoms. The van der Waals surface area contributed by atoms with Crippen molar-refractivity contribution in [2.45, 2.75) is 61.3 Å². The SMILES string of the molecule is CCc1cccc(CC)c1N(CC)C(=O)NC(N(CC)CC)=[N+](CC)CC. The average molecular weight is 376 g/mol. The van der Waals surface area contributed by atoms with Crippen molar-refractivity contribution < 1.29 is 9.37 Å². The number of carbonyl (C=O) groups is 1. The topological polar surface area (TPSA) is 38.6 Å². The molecule has 0 atom stereocenters. The Hall–Kier alpha value is -2.04. The van der Waals surface area contributed by atoms with Crippen molar-refractivity contribution in [3.05, 3.63) is 29.3 Å². The molecule has 1 aromatic carbocycles. The molecule has 5 nitrogen and oxygen atoms in total. The number of hydrogen-bond acceptors (Lipinski definition) is 1. The van der Waals surface area contributed by atoms with Crippen molar-refractivity contribution in [2.75, 3.05) is 37.6 Å². The molecule has 0 aliphatic rings. The van der Waals surface area contributed by atoms with Gasteiger partial charge in [0.1, 0.15) is 0 Å². The Balaban J connectivity index is 3.34. The highest BCUT2D eigenvalue weighted by atomic mass is 16.2. The third kappa shape index (κ3) is 5.47. The Morgan fingerprint density at radius 3 is 1.78 bits per heavy atom. The fourth-order valence-electron chi connectivity index (χ4n) is 3.53. The van der Waals surface area contributed by atoms with E-state index in [2.05, 4.69) is 74.5 Å². The van der Waals surface area contributed by atoms with E-state index in [0.717, 1.165) is 50.7 Å². The first-order valence-corrected chi connectivity index (χ1v) is 10.6. The van der Waals surface area contributed by atoms with Gasteiger partial charge in [-0.25, -0.2) is 4.79 Å². The van der Waals surface area contributed by atoms with Crippen LogP contribution in [-0.2, 0) is 12.8 Å². The largest absolute Gasteiger partial charge is 0.386 e. The quantitative estimate of drug-likeness (QED) is 0.422. The van der Waals surface area contributed by atoms with Crippen molar-refractivity contribution in [1.29, 1.82) is 0 Å². The number of nitrogens with zero attached hydrogens (tertiary/aromatic N) is 3. The van der Waals surface area contributed by atoms with Crippen LogP contribution >= 0.6 is 0 Å². The number of benzene rings is 1. The maximum absolute atomic E-state index is 13.3. The molecule has 0 heterocycles. The van der Waals surface area contributed by atoms with E-state index in [0.29, 0.717) is 6.54 Å². The fourth-order valence-corrected chi connectivity index (χ4v) is 3.53. The summed E-state index contributed by atoms with van der Waals surface area (Å²) in [7, 11) is 0. The summed E-state index contributed by atoms with van der Waals surface area (Å²) in [5.41, 5.74) is 3.51.